The Bertz CT molecular complexity index is 616. The molecule has 5 nitrogen and oxygen atoms in total. The molecule has 19 heavy (non-hydrogen) atoms. The minimum atomic E-state index is -0.321. The molecule has 3 N–H and O–H groups in total. The minimum absolute atomic E-state index is 0.321. The molecule has 2 rings (SSSR count). The maximum Gasteiger partial charge on any atom is 0.227 e. The van der Waals surface area contributed by atoms with Crippen molar-refractivity contribution >= 4 is 5.82 Å². The number of nitrogens with two attached hydrogens (primary N) is 1. The number of ether oxygens (including phenoxy) is 1. The third-order valence-corrected chi connectivity index (χ3v) is 2.71. The van der Waals surface area contributed by atoms with E-state index < -0.39 is 0 Å². The average molecular weight is 262 g/mol. The van der Waals surface area contributed by atoms with Crippen LogP contribution in [0.3, 0.4) is 0 Å². The van der Waals surface area contributed by atoms with Crippen LogP contribution in [0.2, 0.25) is 0 Å². The molecule has 0 aliphatic carbocycles. The summed E-state index contributed by atoms with van der Waals surface area (Å²) in [6.45, 7) is 5.19. The summed E-state index contributed by atoms with van der Waals surface area (Å²) >= 11 is 0. The first-order chi connectivity index (χ1) is 9.01. The number of rotatable bonds is 3. The number of halogens is 1. The van der Waals surface area contributed by atoms with E-state index >= 15 is 0 Å². The number of hydrazine groups is 1. The second kappa shape index (κ2) is 5.19. The number of nitrogen functional groups attached to an aromatic ring is 1. The Hall–Kier alpha value is -2.21. The molecule has 6 heteroatoms. The first-order valence-corrected chi connectivity index (χ1v) is 5.77. The molecule has 0 fully saturated rings. The summed E-state index contributed by atoms with van der Waals surface area (Å²) in [6.07, 6.45) is 0. The summed E-state index contributed by atoms with van der Waals surface area (Å²) < 4.78 is 19.0. The van der Waals surface area contributed by atoms with Gasteiger partial charge in [-0.15, -0.1) is 0 Å². The Morgan fingerprint density at radius 1 is 1.21 bits per heavy atom. The molecule has 0 aliphatic rings. The first-order valence-electron chi connectivity index (χ1n) is 5.77. The maximum atomic E-state index is 13.5. The summed E-state index contributed by atoms with van der Waals surface area (Å²) in [5.41, 5.74) is 3.70. The molecule has 0 saturated carbocycles. The van der Waals surface area contributed by atoms with Gasteiger partial charge in [0.2, 0.25) is 5.88 Å². The smallest absolute Gasteiger partial charge is 0.227 e. The molecule has 0 spiro atoms. The lowest BCUT2D eigenvalue weighted by Crippen LogP contribution is -2.12. The Morgan fingerprint density at radius 2 is 1.95 bits per heavy atom. The fraction of sp³-hybridized carbons (Fsp3) is 0.231. The van der Waals surface area contributed by atoms with Gasteiger partial charge in [-0.25, -0.2) is 15.2 Å². The van der Waals surface area contributed by atoms with E-state index in [4.69, 9.17) is 10.6 Å². The van der Waals surface area contributed by atoms with Gasteiger partial charge < -0.3 is 10.2 Å². The summed E-state index contributed by atoms with van der Waals surface area (Å²) in [4.78, 5) is 8.30. The van der Waals surface area contributed by atoms with Crippen molar-refractivity contribution in [1.29, 1.82) is 0 Å². The van der Waals surface area contributed by atoms with Gasteiger partial charge in [-0.3, -0.25) is 0 Å². The van der Waals surface area contributed by atoms with Crippen LogP contribution in [0.1, 0.15) is 17.0 Å². The van der Waals surface area contributed by atoms with E-state index in [0.717, 1.165) is 0 Å². The second-order valence-corrected chi connectivity index (χ2v) is 4.21. The van der Waals surface area contributed by atoms with E-state index in [2.05, 4.69) is 15.4 Å². The molecule has 0 bridgehead atoms. The molecule has 0 aliphatic heterocycles. The SMILES string of the molecule is Cc1nc(NN)c(C)c(Oc2ccc(C)c(F)c2)n1. The molecule has 2 aromatic rings. The highest BCUT2D eigenvalue weighted by Crippen LogP contribution is 2.27. The van der Waals surface area contributed by atoms with Crippen molar-refractivity contribution < 1.29 is 9.13 Å². The molecule has 0 atom stereocenters. The lowest BCUT2D eigenvalue weighted by atomic mass is 10.2. The van der Waals surface area contributed by atoms with Crippen molar-refractivity contribution in [3.63, 3.8) is 0 Å². The van der Waals surface area contributed by atoms with Gasteiger partial charge in [0.25, 0.3) is 0 Å². The molecular formula is C13H15FN4O. The lowest BCUT2D eigenvalue weighted by Gasteiger charge is -2.11. The highest BCUT2D eigenvalue weighted by molar-refractivity contribution is 5.48. The van der Waals surface area contributed by atoms with Gasteiger partial charge >= 0.3 is 0 Å². The number of hydrogen-bond acceptors (Lipinski definition) is 5. The van der Waals surface area contributed by atoms with E-state index in [-0.39, 0.29) is 5.82 Å². The van der Waals surface area contributed by atoms with Crippen molar-refractivity contribution in [2.24, 2.45) is 5.84 Å². The standard InChI is InChI=1S/C13H15FN4O/c1-7-4-5-10(6-11(7)14)19-13-8(2)12(18-15)16-9(3)17-13/h4-6H,15H2,1-3H3,(H,16,17,18). The van der Waals surface area contributed by atoms with Gasteiger partial charge in [0, 0.05) is 6.07 Å². The minimum Gasteiger partial charge on any atom is -0.438 e. The van der Waals surface area contributed by atoms with Crippen LogP contribution >= 0.6 is 0 Å². The molecule has 1 heterocycles. The second-order valence-electron chi connectivity index (χ2n) is 4.21. The topological polar surface area (TPSA) is 73.1 Å². The lowest BCUT2D eigenvalue weighted by molar-refractivity contribution is 0.451. The van der Waals surface area contributed by atoms with Crippen molar-refractivity contribution in [2.45, 2.75) is 20.8 Å². The number of aromatic nitrogens is 2. The molecule has 0 amide bonds. The van der Waals surface area contributed by atoms with E-state index in [9.17, 15) is 4.39 Å². The average Bonchev–Trinajstić information content (AvgIpc) is 2.37. The monoisotopic (exact) mass is 262 g/mol. The molecule has 1 aromatic heterocycles. The van der Waals surface area contributed by atoms with Crippen LogP contribution in [0, 0.1) is 26.6 Å². The Kier molecular flexibility index (Phi) is 3.62. The van der Waals surface area contributed by atoms with Crippen LogP contribution in [0.15, 0.2) is 18.2 Å². The molecular weight excluding hydrogens is 247 g/mol. The van der Waals surface area contributed by atoms with E-state index in [1.165, 1.54) is 6.07 Å². The normalized spacial score (nSPS) is 10.4. The molecule has 0 saturated heterocycles. The quantitative estimate of drug-likeness (QED) is 0.657. The number of nitrogens with zero attached hydrogens (tertiary/aromatic N) is 2. The largest absolute Gasteiger partial charge is 0.438 e. The van der Waals surface area contributed by atoms with Crippen molar-refractivity contribution in [3.05, 3.63) is 41.0 Å². The Balaban J connectivity index is 2.37. The number of benzene rings is 1. The van der Waals surface area contributed by atoms with Crippen LogP contribution in [0.25, 0.3) is 0 Å². The van der Waals surface area contributed by atoms with E-state index in [0.29, 0.717) is 34.4 Å². The van der Waals surface area contributed by atoms with Crippen LogP contribution in [0.5, 0.6) is 11.6 Å². The number of aryl methyl sites for hydroxylation is 2. The Labute approximate surface area is 110 Å². The van der Waals surface area contributed by atoms with E-state index in [1.54, 1.807) is 32.9 Å². The third-order valence-electron chi connectivity index (χ3n) is 2.71. The highest BCUT2D eigenvalue weighted by atomic mass is 19.1. The predicted molar refractivity (Wildman–Crippen MR) is 70.5 cm³/mol. The number of hydrogen-bond donors (Lipinski definition) is 2. The van der Waals surface area contributed by atoms with Crippen molar-refractivity contribution in [3.8, 4) is 11.6 Å². The zero-order chi connectivity index (χ0) is 14.0. The summed E-state index contributed by atoms with van der Waals surface area (Å²) in [6, 6.07) is 4.66. The van der Waals surface area contributed by atoms with Gasteiger partial charge in [0.1, 0.15) is 23.2 Å². The molecule has 100 valence electrons. The highest BCUT2D eigenvalue weighted by Gasteiger charge is 2.11. The fourth-order valence-electron chi connectivity index (χ4n) is 1.59. The fourth-order valence-corrected chi connectivity index (χ4v) is 1.59. The van der Waals surface area contributed by atoms with Crippen molar-refractivity contribution in [1.82, 2.24) is 9.97 Å². The molecule has 0 radical (unpaired) electrons. The zero-order valence-electron chi connectivity index (χ0n) is 11.0. The van der Waals surface area contributed by atoms with Gasteiger partial charge in [-0.05, 0) is 32.4 Å². The van der Waals surface area contributed by atoms with Crippen LogP contribution in [-0.4, -0.2) is 9.97 Å². The predicted octanol–water partition coefficient (Wildman–Crippen LogP) is 2.62. The van der Waals surface area contributed by atoms with Gasteiger partial charge in [-0.1, -0.05) is 6.07 Å². The van der Waals surface area contributed by atoms with Gasteiger partial charge in [-0.2, -0.15) is 4.98 Å². The number of nitrogens with one attached hydrogen (secondary N) is 1. The first kappa shape index (κ1) is 13.2. The zero-order valence-corrected chi connectivity index (χ0v) is 11.0. The maximum absolute atomic E-state index is 13.5. The van der Waals surface area contributed by atoms with Gasteiger partial charge in [0.15, 0.2) is 0 Å². The van der Waals surface area contributed by atoms with Crippen LogP contribution < -0.4 is 16.0 Å². The third kappa shape index (κ3) is 2.79. The summed E-state index contributed by atoms with van der Waals surface area (Å²) in [5, 5.41) is 0. The molecule has 0 unspecified atom stereocenters. The van der Waals surface area contributed by atoms with E-state index in [1.807, 2.05) is 0 Å². The van der Waals surface area contributed by atoms with Gasteiger partial charge in [0.05, 0.1) is 5.56 Å². The summed E-state index contributed by atoms with van der Waals surface area (Å²) in [7, 11) is 0. The van der Waals surface area contributed by atoms with Crippen LogP contribution in [0.4, 0.5) is 10.2 Å². The number of anilines is 1. The van der Waals surface area contributed by atoms with Crippen LogP contribution in [-0.2, 0) is 0 Å². The summed E-state index contributed by atoms with van der Waals surface area (Å²) in [5.74, 6) is 6.78. The van der Waals surface area contributed by atoms with Crippen molar-refractivity contribution in [2.75, 3.05) is 5.43 Å². The Morgan fingerprint density at radius 3 is 2.58 bits per heavy atom. The molecule has 1 aromatic carbocycles.